The van der Waals surface area contributed by atoms with Gasteiger partial charge in [0.15, 0.2) is 5.96 Å². The molecule has 1 aromatic heterocycles. The molecule has 30 heavy (non-hydrogen) atoms. The van der Waals surface area contributed by atoms with E-state index in [1.165, 1.54) is 4.88 Å². The topological polar surface area (TPSA) is 65.5 Å². The summed E-state index contributed by atoms with van der Waals surface area (Å²) in [4.78, 5) is 18.3. The number of carbonyl (C=O) groups is 1. The van der Waals surface area contributed by atoms with Gasteiger partial charge in [0.05, 0.1) is 6.54 Å². The van der Waals surface area contributed by atoms with E-state index in [0.717, 1.165) is 49.6 Å². The largest absolute Gasteiger partial charge is 0.357 e. The normalized spacial score (nSPS) is 14.4. The predicted octanol–water partition coefficient (Wildman–Crippen LogP) is 5.14. The number of nitrogens with zero attached hydrogens (tertiary/aromatic N) is 1. The Morgan fingerprint density at radius 3 is 2.63 bits per heavy atom. The van der Waals surface area contributed by atoms with Crippen LogP contribution in [0.15, 0.2) is 46.8 Å². The monoisotopic (exact) mass is 540 g/mol. The van der Waals surface area contributed by atoms with Crippen LogP contribution in [0.3, 0.4) is 0 Å². The molecule has 2 aromatic rings. The number of aliphatic imine (C=N–C) groups is 1. The molecule has 164 valence electrons. The van der Waals surface area contributed by atoms with Crippen molar-refractivity contribution in [3.63, 3.8) is 0 Å². The highest BCUT2D eigenvalue weighted by atomic mass is 127. The van der Waals surface area contributed by atoms with Gasteiger partial charge < -0.3 is 16.0 Å². The second-order valence-electron chi connectivity index (χ2n) is 8.23. The minimum atomic E-state index is 0. The van der Waals surface area contributed by atoms with E-state index in [1.807, 2.05) is 24.3 Å². The average molecular weight is 541 g/mol. The van der Waals surface area contributed by atoms with Gasteiger partial charge >= 0.3 is 0 Å². The molecule has 3 N–H and O–H groups in total. The average Bonchev–Trinajstić information content (AvgIpc) is 3.18. The molecule has 1 amide bonds. The number of carbonyl (C=O) groups excluding carboxylic acids is 1. The fraction of sp³-hybridized carbons (Fsp3) is 0.478. The Morgan fingerprint density at radius 1 is 1.20 bits per heavy atom. The molecular weight excluding hydrogens is 507 g/mol. The maximum absolute atomic E-state index is 12.2. The lowest BCUT2D eigenvalue weighted by molar-refractivity contribution is -0.122. The van der Waals surface area contributed by atoms with Gasteiger partial charge in [-0.05, 0) is 48.9 Å². The van der Waals surface area contributed by atoms with E-state index in [1.54, 1.807) is 11.3 Å². The Morgan fingerprint density at radius 2 is 2.00 bits per heavy atom. The highest BCUT2D eigenvalue weighted by molar-refractivity contribution is 14.0. The van der Waals surface area contributed by atoms with Crippen LogP contribution in [-0.2, 0) is 16.8 Å². The molecule has 1 aliphatic carbocycles. The molecule has 1 saturated carbocycles. The Kier molecular flexibility index (Phi) is 9.61. The first-order chi connectivity index (χ1) is 14.0. The van der Waals surface area contributed by atoms with Crippen molar-refractivity contribution in [1.82, 2.24) is 10.6 Å². The molecule has 1 aromatic carbocycles. The number of anilines is 1. The SMILES string of the molecule is CCNC(=NCc1cccc(NC(=O)C2CCC2)c1)NCC(C)(C)c1cccs1.I. The number of benzene rings is 1. The highest BCUT2D eigenvalue weighted by Gasteiger charge is 2.25. The fourth-order valence-corrected chi connectivity index (χ4v) is 4.08. The molecular formula is C23H33IN4OS. The molecule has 0 bridgehead atoms. The standard InChI is InChI=1S/C23H32N4OS.HI/c1-4-24-22(26-16-23(2,3)20-12-7-13-29-20)25-15-17-8-5-11-19(14-17)27-21(28)18-9-6-10-18;/h5,7-8,11-14,18H,4,6,9-10,15-16H2,1-3H3,(H,27,28)(H2,24,25,26);1H. The van der Waals surface area contributed by atoms with Crippen molar-refractivity contribution in [3.8, 4) is 0 Å². The smallest absolute Gasteiger partial charge is 0.227 e. The van der Waals surface area contributed by atoms with Crippen LogP contribution in [0.1, 0.15) is 50.5 Å². The molecule has 7 heteroatoms. The minimum Gasteiger partial charge on any atom is -0.357 e. The Hall–Kier alpha value is -1.61. The Bertz CT molecular complexity index is 831. The van der Waals surface area contributed by atoms with Crippen LogP contribution in [0.4, 0.5) is 5.69 Å². The summed E-state index contributed by atoms with van der Waals surface area (Å²) in [6.45, 7) is 8.72. The fourth-order valence-electron chi connectivity index (χ4n) is 3.23. The van der Waals surface area contributed by atoms with Gasteiger partial charge in [-0.3, -0.25) is 4.79 Å². The van der Waals surface area contributed by atoms with Crippen LogP contribution in [0.25, 0.3) is 0 Å². The summed E-state index contributed by atoms with van der Waals surface area (Å²) in [6, 6.07) is 12.2. The molecule has 0 radical (unpaired) electrons. The van der Waals surface area contributed by atoms with E-state index in [4.69, 9.17) is 4.99 Å². The first-order valence-electron chi connectivity index (χ1n) is 10.4. The summed E-state index contributed by atoms with van der Waals surface area (Å²) in [6.07, 6.45) is 3.18. The van der Waals surface area contributed by atoms with E-state index in [9.17, 15) is 4.79 Å². The molecule has 1 fully saturated rings. The number of rotatable bonds is 8. The summed E-state index contributed by atoms with van der Waals surface area (Å²) < 4.78 is 0. The second kappa shape index (κ2) is 11.7. The van der Waals surface area contributed by atoms with Crippen molar-refractivity contribution in [3.05, 3.63) is 52.2 Å². The van der Waals surface area contributed by atoms with Crippen molar-refractivity contribution in [2.45, 2.75) is 52.0 Å². The van der Waals surface area contributed by atoms with Crippen molar-refractivity contribution < 1.29 is 4.79 Å². The van der Waals surface area contributed by atoms with Gasteiger partial charge in [-0.1, -0.05) is 38.5 Å². The van der Waals surface area contributed by atoms with Gasteiger partial charge in [-0.15, -0.1) is 35.3 Å². The van der Waals surface area contributed by atoms with Crippen molar-refractivity contribution >= 4 is 52.9 Å². The summed E-state index contributed by atoms with van der Waals surface area (Å²) in [7, 11) is 0. The third-order valence-electron chi connectivity index (χ3n) is 5.32. The van der Waals surface area contributed by atoms with E-state index in [2.05, 4.69) is 54.2 Å². The zero-order chi connectivity index (χ0) is 20.7. The number of amides is 1. The van der Waals surface area contributed by atoms with E-state index >= 15 is 0 Å². The molecule has 0 saturated heterocycles. The highest BCUT2D eigenvalue weighted by Crippen LogP contribution is 2.28. The first-order valence-corrected chi connectivity index (χ1v) is 11.3. The van der Waals surface area contributed by atoms with Gasteiger partial charge in [0.1, 0.15) is 0 Å². The first kappa shape index (κ1) is 24.7. The maximum Gasteiger partial charge on any atom is 0.227 e. The minimum absolute atomic E-state index is 0. The molecule has 0 spiro atoms. The number of guanidine groups is 1. The third-order valence-corrected chi connectivity index (χ3v) is 6.56. The lowest BCUT2D eigenvalue weighted by atomic mass is 9.85. The molecule has 1 heterocycles. The van der Waals surface area contributed by atoms with E-state index in [-0.39, 0.29) is 41.2 Å². The zero-order valence-electron chi connectivity index (χ0n) is 18.0. The molecule has 0 aliphatic heterocycles. The van der Waals surface area contributed by atoms with Gasteiger partial charge in [0, 0.05) is 35.0 Å². The van der Waals surface area contributed by atoms with Gasteiger partial charge in [-0.2, -0.15) is 0 Å². The number of halogens is 1. The lowest BCUT2D eigenvalue weighted by Gasteiger charge is -2.25. The number of thiophene rings is 1. The molecule has 0 unspecified atom stereocenters. The van der Waals surface area contributed by atoms with Crippen molar-refractivity contribution in [2.75, 3.05) is 18.4 Å². The zero-order valence-corrected chi connectivity index (χ0v) is 21.2. The number of nitrogens with one attached hydrogen (secondary N) is 3. The molecule has 5 nitrogen and oxygen atoms in total. The van der Waals surface area contributed by atoms with Crippen LogP contribution in [0.5, 0.6) is 0 Å². The van der Waals surface area contributed by atoms with Crippen LogP contribution >= 0.6 is 35.3 Å². The summed E-state index contributed by atoms with van der Waals surface area (Å²) >= 11 is 1.78. The molecule has 1 aliphatic rings. The molecule has 3 rings (SSSR count). The van der Waals surface area contributed by atoms with Crippen molar-refractivity contribution in [1.29, 1.82) is 0 Å². The predicted molar refractivity (Wildman–Crippen MR) is 138 cm³/mol. The van der Waals surface area contributed by atoms with Gasteiger partial charge in [0.25, 0.3) is 0 Å². The number of hydrogen-bond donors (Lipinski definition) is 3. The Labute approximate surface area is 201 Å². The summed E-state index contributed by atoms with van der Waals surface area (Å²) in [5, 5.41) is 12.0. The quantitative estimate of drug-likeness (QED) is 0.247. The summed E-state index contributed by atoms with van der Waals surface area (Å²) in [5.41, 5.74) is 1.97. The lowest BCUT2D eigenvalue weighted by Crippen LogP contribution is -2.43. The van der Waals surface area contributed by atoms with Crippen molar-refractivity contribution in [2.24, 2.45) is 10.9 Å². The van der Waals surface area contributed by atoms with Crippen LogP contribution in [-0.4, -0.2) is 25.0 Å². The van der Waals surface area contributed by atoms with E-state index < -0.39 is 0 Å². The van der Waals surface area contributed by atoms with Gasteiger partial charge in [-0.25, -0.2) is 4.99 Å². The maximum atomic E-state index is 12.2. The third kappa shape index (κ3) is 6.97. The van der Waals surface area contributed by atoms with Crippen LogP contribution in [0.2, 0.25) is 0 Å². The Balaban J connectivity index is 0.00000320. The van der Waals surface area contributed by atoms with E-state index in [0.29, 0.717) is 6.54 Å². The molecule has 0 atom stereocenters. The summed E-state index contributed by atoms with van der Waals surface area (Å²) in [5.74, 6) is 1.14. The second-order valence-corrected chi connectivity index (χ2v) is 9.18. The van der Waals surface area contributed by atoms with Gasteiger partial charge in [0.2, 0.25) is 5.91 Å². The number of hydrogen-bond acceptors (Lipinski definition) is 3. The van der Waals surface area contributed by atoms with Crippen LogP contribution < -0.4 is 16.0 Å². The van der Waals surface area contributed by atoms with Crippen LogP contribution in [0, 0.1) is 5.92 Å².